The first-order valence-corrected chi connectivity index (χ1v) is 3.80. The number of aromatic nitrogens is 2. The molecule has 1 aromatic rings. The molecule has 13 heavy (non-hydrogen) atoms. The Morgan fingerprint density at radius 3 is 2.46 bits per heavy atom. The van der Waals surface area contributed by atoms with Crippen molar-refractivity contribution in [2.45, 2.75) is 26.5 Å². The maximum atomic E-state index is 9.11. The molecule has 0 aliphatic rings. The second-order valence-electron chi connectivity index (χ2n) is 2.96. The highest BCUT2D eigenvalue weighted by Crippen LogP contribution is 1.94. The van der Waals surface area contributed by atoms with Gasteiger partial charge in [0, 0.05) is 6.92 Å². The molecule has 0 aliphatic carbocycles. The molecule has 0 spiro atoms. The number of hydrogen-bond acceptors (Lipinski definition) is 2. The van der Waals surface area contributed by atoms with Gasteiger partial charge in [0.1, 0.15) is 18.9 Å². The SMILES string of the molecule is Cc1n(CC(C)O)cc[n+]1C.N.[Cl-]. The zero-order chi connectivity index (χ0) is 8.43. The van der Waals surface area contributed by atoms with Crippen LogP contribution >= 0.6 is 0 Å². The van der Waals surface area contributed by atoms with Crippen molar-refractivity contribution in [1.29, 1.82) is 0 Å². The van der Waals surface area contributed by atoms with E-state index in [2.05, 4.69) is 0 Å². The number of rotatable bonds is 2. The Labute approximate surface area is 85.2 Å². The van der Waals surface area contributed by atoms with Crippen LogP contribution in [0.15, 0.2) is 12.4 Å². The van der Waals surface area contributed by atoms with Crippen molar-refractivity contribution < 1.29 is 22.1 Å². The molecule has 5 heteroatoms. The van der Waals surface area contributed by atoms with Crippen molar-refractivity contribution in [3.63, 3.8) is 0 Å². The van der Waals surface area contributed by atoms with E-state index >= 15 is 0 Å². The van der Waals surface area contributed by atoms with Crippen LogP contribution in [0.3, 0.4) is 0 Å². The molecule has 4 nitrogen and oxygen atoms in total. The summed E-state index contributed by atoms with van der Waals surface area (Å²) in [4.78, 5) is 0. The molecular weight excluding hydrogens is 190 g/mol. The number of halogens is 1. The van der Waals surface area contributed by atoms with Crippen LogP contribution in [0.25, 0.3) is 0 Å². The van der Waals surface area contributed by atoms with Crippen LogP contribution in [0.5, 0.6) is 0 Å². The molecule has 0 aliphatic heterocycles. The van der Waals surface area contributed by atoms with E-state index in [0.717, 1.165) is 5.82 Å². The van der Waals surface area contributed by atoms with E-state index in [1.165, 1.54) is 0 Å². The van der Waals surface area contributed by atoms with Gasteiger partial charge in [-0.2, -0.15) is 0 Å². The zero-order valence-corrected chi connectivity index (χ0v) is 9.12. The third-order valence-electron chi connectivity index (χ3n) is 1.86. The summed E-state index contributed by atoms with van der Waals surface area (Å²) in [5.74, 6) is 1.16. The number of aliphatic hydroxyl groups is 1. The van der Waals surface area contributed by atoms with Crippen molar-refractivity contribution >= 4 is 0 Å². The number of hydrogen-bond donors (Lipinski definition) is 2. The summed E-state index contributed by atoms with van der Waals surface area (Å²) >= 11 is 0. The highest BCUT2D eigenvalue weighted by atomic mass is 35.5. The fourth-order valence-corrected chi connectivity index (χ4v) is 1.08. The van der Waals surface area contributed by atoms with Gasteiger partial charge in [-0.05, 0) is 6.92 Å². The van der Waals surface area contributed by atoms with Gasteiger partial charge >= 0.3 is 0 Å². The lowest BCUT2D eigenvalue weighted by molar-refractivity contribution is -0.677. The van der Waals surface area contributed by atoms with Crippen LogP contribution in [0.4, 0.5) is 0 Å². The minimum absolute atomic E-state index is 0. The average Bonchev–Trinajstić information content (AvgIpc) is 2.18. The Balaban J connectivity index is 0. The lowest BCUT2D eigenvalue weighted by atomic mass is 10.4. The van der Waals surface area contributed by atoms with Crippen LogP contribution in [0, 0.1) is 6.92 Å². The van der Waals surface area contributed by atoms with Crippen LogP contribution < -0.4 is 23.1 Å². The Bertz CT molecular complexity index is 248. The fraction of sp³-hybridized carbons (Fsp3) is 0.625. The van der Waals surface area contributed by atoms with Gasteiger partial charge in [-0.1, -0.05) is 0 Å². The largest absolute Gasteiger partial charge is 1.00 e. The number of nitrogens with zero attached hydrogens (tertiary/aromatic N) is 2. The summed E-state index contributed by atoms with van der Waals surface area (Å²) in [7, 11) is 1.99. The van der Waals surface area contributed by atoms with E-state index in [4.69, 9.17) is 5.11 Å². The predicted octanol–water partition coefficient (Wildman–Crippen LogP) is -2.83. The molecule has 0 amide bonds. The van der Waals surface area contributed by atoms with Gasteiger partial charge in [0.15, 0.2) is 0 Å². The summed E-state index contributed by atoms with van der Waals surface area (Å²) in [5.41, 5.74) is 0. The van der Waals surface area contributed by atoms with Crippen molar-refractivity contribution in [2.75, 3.05) is 0 Å². The third-order valence-corrected chi connectivity index (χ3v) is 1.86. The number of aryl methyl sites for hydroxylation is 1. The minimum Gasteiger partial charge on any atom is -1.00 e. The Hall–Kier alpha value is -0.580. The molecule has 0 saturated carbocycles. The number of aliphatic hydroxyl groups excluding tert-OH is 1. The molecule has 0 radical (unpaired) electrons. The number of imidazole rings is 1. The summed E-state index contributed by atoms with van der Waals surface area (Å²) in [6.45, 7) is 4.49. The lowest BCUT2D eigenvalue weighted by Gasteiger charge is -2.00. The first kappa shape index (κ1) is 14.9. The monoisotopic (exact) mass is 207 g/mol. The van der Waals surface area contributed by atoms with E-state index in [-0.39, 0.29) is 24.7 Å². The predicted molar refractivity (Wildman–Crippen MR) is 47.0 cm³/mol. The molecule has 0 fully saturated rings. The van der Waals surface area contributed by atoms with Crippen molar-refractivity contribution in [3.05, 3.63) is 18.2 Å². The Morgan fingerprint density at radius 1 is 1.62 bits per heavy atom. The van der Waals surface area contributed by atoms with Gasteiger partial charge < -0.3 is 23.7 Å². The first-order chi connectivity index (χ1) is 5.11. The molecule has 1 rings (SSSR count). The molecule has 0 saturated heterocycles. The molecular formula is C8H18ClN3O. The van der Waals surface area contributed by atoms with Crippen LogP contribution in [0.2, 0.25) is 0 Å². The van der Waals surface area contributed by atoms with E-state index in [0.29, 0.717) is 6.54 Å². The standard InChI is InChI=1S/C8H15N2O.ClH.H3N/c1-7(11)6-10-5-4-9(3)8(10)2;;/h4-5,7,11H,6H2,1-3H3;1H;1H3/q+1;;/p-1. The van der Waals surface area contributed by atoms with Gasteiger partial charge in [-0.15, -0.1) is 0 Å². The molecule has 0 aromatic carbocycles. The zero-order valence-electron chi connectivity index (χ0n) is 8.37. The summed E-state index contributed by atoms with van der Waals surface area (Å²) in [5, 5.41) is 9.11. The van der Waals surface area contributed by atoms with Gasteiger partial charge in [-0.25, -0.2) is 9.13 Å². The molecule has 1 heterocycles. The maximum absolute atomic E-state index is 9.11. The molecule has 4 N–H and O–H groups in total. The molecule has 0 bridgehead atoms. The van der Waals surface area contributed by atoms with Crippen LogP contribution in [-0.2, 0) is 13.6 Å². The highest BCUT2D eigenvalue weighted by Gasteiger charge is 2.09. The van der Waals surface area contributed by atoms with Gasteiger partial charge in [0.2, 0.25) is 0 Å². The molecule has 1 atom stereocenters. The van der Waals surface area contributed by atoms with E-state index in [1.54, 1.807) is 6.92 Å². The summed E-state index contributed by atoms with van der Waals surface area (Å²) in [6, 6.07) is 0. The van der Waals surface area contributed by atoms with E-state index in [9.17, 15) is 0 Å². The Morgan fingerprint density at radius 2 is 2.15 bits per heavy atom. The molecule has 1 aromatic heterocycles. The third kappa shape index (κ3) is 3.76. The average molecular weight is 208 g/mol. The van der Waals surface area contributed by atoms with E-state index in [1.807, 2.05) is 35.5 Å². The first-order valence-electron chi connectivity index (χ1n) is 3.80. The van der Waals surface area contributed by atoms with Gasteiger partial charge in [0.05, 0.1) is 13.2 Å². The quantitative estimate of drug-likeness (QED) is 0.514. The van der Waals surface area contributed by atoms with Gasteiger partial charge in [-0.3, -0.25) is 0 Å². The second-order valence-corrected chi connectivity index (χ2v) is 2.96. The molecule has 1 unspecified atom stereocenters. The minimum atomic E-state index is -0.277. The van der Waals surface area contributed by atoms with Crippen molar-refractivity contribution in [3.8, 4) is 0 Å². The van der Waals surface area contributed by atoms with Crippen molar-refractivity contribution in [1.82, 2.24) is 10.7 Å². The van der Waals surface area contributed by atoms with Crippen LogP contribution in [0.1, 0.15) is 12.7 Å². The maximum Gasteiger partial charge on any atom is 0.253 e. The highest BCUT2D eigenvalue weighted by molar-refractivity contribution is 4.79. The fourth-order valence-electron chi connectivity index (χ4n) is 1.08. The van der Waals surface area contributed by atoms with Gasteiger partial charge in [0.25, 0.3) is 5.82 Å². The summed E-state index contributed by atoms with van der Waals surface area (Å²) in [6.07, 6.45) is 3.68. The Kier molecular flexibility index (Phi) is 6.84. The van der Waals surface area contributed by atoms with Crippen LogP contribution in [-0.4, -0.2) is 15.8 Å². The summed E-state index contributed by atoms with van der Waals surface area (Å²) < 4.78 is 4.06. The second kappa shape index (κ2) is 5.96. The van der Waals surface area contributed by atoms with Crippen molar-refractivity contribution in [2.24, 2.45) is 7.05 Å². The van der Waals surface area contributed by atoms with E-state index < -0.39 is 0 Å². The smallest absolute Gasteiger partial charge is 0.253 e. The lowest BCUT2D eigenvalue weighted by Crippen LogP contribution is -3.00. The normalized spacial score (nSPS) is 11.4. The topological polar surface area (TPSA) is 64.0 Å². The molecule has 78 valence electrons.